The van der Waals surface area contributed by atoms with Crippen molar-refractivity contribution in [3.05, 3.63) is 107 Å². The summed E-state index contributed by atoms with van der Waals surface area (Å²) >= 11 is 0. The van der Waals surface area contributed by atoms with Gasteiger partial charge in [-0.05, 0) is 73.3 Å². The molecule has 0 saturated heterocycles. The number of benzene rings is 2. The first-order valence-electron chi connectivity index (χ1n) is 11.3. The average molecular weight is 412 g/mol. The lowest BCUT2D eigenvalue weighted by Crippen LogP contribution is -2.35. The normalized spacial score (nSPS) is 22.2. The molecule has 0 fully saturated rings. The van der Waals surface area contributed by atoms with E-state index in [1.54, 1.807) is 0 Å². The molecular formula is C29H33NO. The number of ether oxygens (including phenoxy) is 1. The largest absolute Gasteiger partial charge is 0.457 e. The number of hydrogen-bond acceptors (Lipinski definition) is 2. The third kappa shape index (κ3) is 3.40. The molecule has 0 amide bonds. The van der Waals surface area contributed by atoms with Gasteiger partial charge in [-0.2, -0.15) is 0 Å². The van der Waals surface area contributed by atoms with Crippen molar-refractivity contribution < 1.29 is 4.74 Å². The Hall–Kier alpha value is -2.84. The summed E-state index contributed by atoms with van der Waals surface area (Å²) in [6.07, 6.45) is 7.14. The zero-order valence-corrected chi connectivity index (χ0v) is 19.3. The van der Waals surface area contributed by atoms with Crippen molar-refractivity contribution in [1.29, 1.82) is 0 Å². The lowest BCUT2D eigenvalue weighted by molar-refractivity contribution is 0.325. The number of allylic oxidation sites excluding steroid dienone is 4. The van der Waals surface area contributed by atoms with Gasteiger partial charge in [0.2, 0.25) is 0 Å². The van der Waals surface area contributed by atoms with Gasteiger partial charge in [0.25, 0.3) is 0 Å². The minimum atomic E-state index is -0.303. The fourth-order valence-corrected chi connectivity index (χ4v) is 5.40. The zero-order valence-electron chi connectivity index (χ0n) is 19.3. The van der Waals surface area contributed by atoms with Crippen LogP contribution >= 0.6 is 0 Å². The van der Waals surface area contributed by atoms with Crippen molar-refractivity contribution in [1.82, 2.24) is 4.90 Å². The summed E-state index contributed by atoms with van der Waals surface area (Å²) in [4.78, 5) is 2.40. The molecule has 2 aromatic carbocycles. The molecule has 0 saturated carbocycles. The highest BCUT2D eigenvalue weighted by molar-refractivity contribution is 5.82. The first kappa shape index (κ1) is 21.4. The number of hydrogen-bond donors (Lipinski definition) is 0. The standard InChI is InChI=1S/C29H33NO/c1-7-12-25-26(15-16-30(8-2)9-3)31-27-18-20(4)17-21(5)28(27)29(25)19-22(6)23-13-10-11-14-24(23)29/h7,10-15,17-18H,1,6,8-9,16,19H2,2-5H3/b25-12+,26-15+. The Bertz CT molecular complexity index is 1100. The summed E-state index contributed by atoms with van der Waals surface area (Å²) in [5.41, 5.74) is 8.38. The summed E-state index contributed by atoms with van der Waals surface area (Å²) in [5, 5.41) is 0. The fraction of sp³-hybridized carbons (Fsp3) is 0.310. The highest BCUT2D eigenvalue weighted by Gasteiger charge is 2.51. The number of fused-ring (bicyclic) bond motifs is 4. The summed E-state index contributed by atoms with van der Waals surface area (Å²) < 4.78 is 6.62. The molecule has 1 aliphatic carbocycles. The van der Waals surface area contributed by atoms with Gasteiger partial charge in [-0.3, -0.25) is 0 Å². The van der Waals surface area contributed by atoms with Gasteiger partial charge in [0.15, 0.2) is 0 Å². The Morgan fingerprint density at radius 3 is 2.58 bits per heavy atom. The van der Waals surface area contributed by atoms with Crippen molar-refractivity contribution in [3.8, 4) is 5.75 Å². The van der Waals surface area contributed by atoms with Crippen LogP contribution < -0.4 is 4.74 Å². The smallest absolute Gasteiger partial charge is 0.132 e. The quantitative estimate of drug-likeness (QED) is 0.540. The Morgan fingerprint density at radius 2 is 1.87 bits per heavy atom. The molecule has 2 aromatic rings. The summed E-state index contributed by atoms with van der Waals surface area (Å²) in [5.74, 6) is 1.91. The van der Waals surface area contributed by atoms with Crippen molar-refractivity contribution >= 4 is 5.57 Å². The molecule has 1 aliphatic heterocycles. The van der Waals surface area contributed by atoms with E-state index in [-0.39, 0.29) is 5.41 Å². The van der Waals surface area contributed by atoms with Crippen LogP contribution in [0.1, 0.15) is 48.1 Å². The van der Waals surface area contributed by atoms with Crippen molar-refractivity contribution in [2.75, 3.05) is 19.6 Å². The lowest BCUT2D eigenvalue weighted by Gasteiger charge is -2.41. The Labute approximate surface area is 187 Å². The van der Waals surface area contributed by atoms with Crippen LogP contribution in [0.4, 0.5) is 0 Å². The highest BCUT2D eigenvalue weighted by Crippen LogP contribution is 2.60. The second-order valence-electron chi connectivity index (χ2n) is 8.66. The molecular weight excluding hydrogens is 378 g/mol. The second kappa shape index (κ2) is 8.36. The number of rotatable bonds is 5. The molecule has 160 valence electrons. The molecule has 0 N–H and O–H groups in total. The maximum Gasteiger partial charge on any atom is 0.132 e. The van der Waals surface area contributed by atoms with Crippen LogP contribution in [0, 0.1) is 13.8 Å². The molecule has 2 aliphatic rings. The van der Waals surface area contributed by atoms with E-state index < -0.39 is 0 Å². The van der Waals surface area contributed by atoms with Crippen LogP contribution in [0.25, 0.3) is 5.57 Å². The topological polar surface area (TPSA) is 12.5 Å². The SMILES string of the molecule is C=C/C=C1\C(=C/CN(CC)CC)Oc2cc(C)cc(C)c2C12CC(=C)c1ccccc12. The molecule has 31 heavy (non-hydrogen) atoms. The Kier molecular flexibility index (Phi) is 5.77. The molecule has 2 heteroatoms. The van der Waals surface area contributed by atoms with Gasteiger partial charge >= 0.3 is 0 Å². The monoisotopic (exact) mass is 411 g/mol. The number of aryl methyl sites for hydroxylation is 2. The van der Waals surface area contributed by atoms with E-state index in [1.807, 2.05) is 6.08 Å². The molecule has 1 spiro atoms. The first-order chi connectivity index (χ1) is 15.0. The van der Waals surface area contributed by atoms with Crippen LogP contribution in [0.5, 0.6) is 5.75 Å². The van der Waals surface area contributed by atoms with Crippen LogP contribution in [-0.2, 0) is 5.41 Å². The van der Waals surface area contributed by atoms with Gasteiger partial charge < -0.3 is 9.64 Å². The highest BCUT2D eigenvalue weighted by atomic mass is 16.5. The van der Waals surface area contributed by atoms with Crippen LogP contribution in [0.3, 0.4) is 0 Å². The van der Waals surface area contributed by atoms with Gasteiger partial charge in [0, 0.05) is 17.7 Å². The maximum atomic E-state index is 6.62. The van der Waals surface area contributed by atoms with Gasteiger partial charge in [-0.25, -0.2) is 0 Å². The fourth-order valence-electron chi connectivity index (χ4n) is 5.40. The van der Waals surface area contributed by atoms with Crippen LogP contribution in [0.2, 0.25) is 0 Å². The summed E-state index contributed by atoms with van der Waals surface area (Å²) in [6, 6.07) is 13.2. The van der Waals surface area contributed by atoms with Crippen LogP contribution in [0.15, 0.2) is 79.1 Å². The van der Waals surface area contributed by atoms with Crippen molar-refractivity contribution in [2.24, 2.45) is 0 Å². The van der Waals surface area contributed by atoms with Gasteiger partial charge in [0.05, 0.1) is 5.41 Å². The van der Waals surface area contributed by atoms with Crippen LogP contribution in [-0.4, -0.2) is 24.5 Å². The van der Waals surface area contributed by atoms with Gasteiger partial charge in [-0.15, -0.1) is 0 Å². The number of likely N-dealkylation sites (N-methyl/N-ethyl adjacent to an activating group) is 1. The third-order valence-corrected chi connectivity index (χ3v) is 6.78. The predicted octanol–water partition coefficient (Wildman–Crippen LogP) is 6.74. The van der Waals surface area contributed by atoms with Crippen molar-refractivity contribution in [3.63, 3.8) is 0 Å². The van der Waals surface area contributed by atoms with E-state index >= 15 is 0 Å². The van der Waals surface area contributed by atoms with Gasteiger partial charge in [0.1, 0.15) is 11.5 Å². The molecule has 1 unspecified atom stereocenters. The van der Waals surface area contributed by atoms with E-state index in [1.165, 1.54) is 39.0 Å². The maximum absolute atomic E-state index is 6.62. The molecule has 0 radical (unpaired) electrons. The molecule has 1 atom stereocenters. The Morgan fingerprint density at radius 1 is 1.13 bits per heavy atom. The second-order valence-corrected chi connectivity index (χ2v) is 8.66. The summed E-state index contributed by atoms with van der Waals surface area (Å²) in [7, 11) is 0. The van der Waals surface area contributed by atoms with E-state index in [0.29, 0.717) is 0 Å². The average Bonchev–Trinajstić information content (AvgIpc) is 3.04. The molecule has 1 heterocycles. The van der Waals surface area contributed by atoms with Crippen molar-refractivity contribution in [2.45, 2.75) is 39.5 Å². The summed E-state index contributed by atoms with van der Waals surface area (Å²) in [6.45, 7) is 20.1. The minimum absolute atomic E-state index is 0.303. The molecule has 2 nitrogen and oxygen atoms in total. The third-order valence-electron chi connectivity index (χ3n) is 6.78. The lowest BCUT2D eigenvalue weighted by atomic mass is 9.65. The molecule has 0 bridgehead atoms. The number of nitrogens with zero attached hydrogens (tertiary/aromatic N) is 1. The van der Waals surface area contributed by atoms with E-state index in [9.17, 15) is 0 Å². The van der Waals surface area contributed by atoms with E-state index in [2.05, 4.69) is 94.3 Å². The van der Waals surface area contributed by atoms with Gasteiger partial charge in [-0.1, -0.05) is 69.5 Å². The van der Waals surface area contributed by atoms with E-state index in [0.717, 1.165) is 37.6 Å². The Balaban J connectivity index is 2.03. The molecule has 0 aromatic heterocycles. The molecule has 4 rings (SSSR count). The van der Waals surface area contributed by atoms with E-state index in [4.69, 9.17) is 4.74 Å². The zero-order chi connectivity index (χ0) is 22.2. The predicted molar refractivity (Wildman–Crippen MR) is 132 cm³/mol. The first-order valence-corrected chi connectivity index (χ1v) is 11.3. The minimum Gasteiger partial charge on any atom is -0.457 e.